The Morgan fingerprint density at radius 3 is 2.43 bits per heavy atom. The van der Waals surface area contributed by atoms with Crippen molar-refractivity contribution in [3.8, 4) is 0 Å². The summed E-state index contributed by atoms with van der Waals surface area (Å²) in [6.07, 6.45) is 1.76. The predicted molar refractivity (Wildman–Crippen MR) is 111 cm³/mol. The molecule has 28 heavy (non-hydrogen) atoms. The third-order valence-electron chi connectivity index (χ3n) is 5.38. The first kappa shape index (κ1) is 18.4. The van der Waals surface area contributed by atoms with Crippen molar-refractivity contribution in [2.24, 2.45) is 0 Å². The first-order chi connectivity index (χ1) is 13.6. The van der Waals surface area contributed by atoms with Crippen molar-refractivity contribution in [3.05, 3.63) is 74.3 Å². The molecule has 0 saturated carbocycles. The maximum atomic E-state index is 12.2. The lowest BCUT2D eigenvalue weighted by Crippen LogP contribution is -2.51. The Labute approximate surface area is 163 Å². The van der Waals surface area contributed by atoms with Crippen molar-refractivity contribution in [2.75, 3.05) is 42.9 Å². The quantitative estimate of drug-likeness (QED) is 0.623. The number of anilines is 2. The lowest BCUT2D eigenvalue weighted by molar-refractivity contribution is 0.249. The van der Waals surface area contributed by atoms with E-state index in [0.29, 0.717) is 24.5 Å². The number of rotatable bonds is 7. The lowest BCUT2D eigenvalue weighted by atomic mass is 10.1. The molecular formula is C21H25N5O2. The van der Waals surface area contributed by atoms with Crippen LogP contribution in [0.2, 0.25) is 0 Å². The summed E-state index contributed by atoms with van der Waals surface area (Å²) in [6, 6.07) is 12.3. The van der Waals surface area contributed by atoms with Crippen molar-refractivity contribution in [1.29, 1.82) is 0 Å². The molecule has 0 amide bonds. The highest BCUT2D eigenvalue weighted by molar-refractivity contribution is 5.75. The van der Waals surface area contributed by atoms with Gasteiger partial charge in [-0.15, -0.1) is 0 Å². The van der Waals surface area contributed by atoms with E-state index in [-0.39, 0.29) is 5.43 Å². The number of nitrogens with zero attached hydrogens (tertiary/aromatic N) is 4. The molecule has 0 bridgehead atoms. The molecule has 1 N–H and O–H groups in total. The summed E-state index contributed by atoms with van der Waals surface area (Å²) in [4.78, 5) is 28.6. The van der Waals surface area contributed by atoms with Crippen LogP contribution in [0.5, 0.6) is 0 Å². The number of benzene rings is 1. The molecule has 1 aromatic heterocycles. The standard InChI is InChI=1S/C21H25N5O2/c1-16-7-8-23-26(16)10-9-22-18-19(21(28)20(18)27)25-13-11-24(12-14-25)15-17-5-3-2-4-6-17/h2-8,22H,9-15H2,1H3. The van der Waals surface area contributed by atoms with Crippen LogP contribution < -0.4 is 21.1 Å². The SMILES string of the molecule is Cc1ccnn1CCNc1c(N2CCN(Cc3ccccc3)CC2)c(=O)c1=O. The van der Waals surface area contributed by atoms with Gasteiger partial charge in [0.1, 0.15) is 11.4 Å². The van der Waals surface area contributed by atoms with Gasteiger partial charge in [0.25, 0.3) is 10.9 Å². The maximum Gasteiger partial charge on any atom is 0.253 e. The molecule has 3 aromatic rings. The minimum Gasteiger partial charge on any atom is -0.378 e. The molecule has 1 aliphatic heterocycles. The third kappa shape index (κ3) is 3.71. The van der Waals surface area contributed by atoms with Gasteiger partial charge >= 0.3 is 0 Å². The Kier molecular flexibility index (Phi) is 5.25. The second kappa shape index (κ2) is 7.98. The van der Waals surface area contributed by atoms with E-state index < -0.39 is 5.43 Å². The van der Waals surface area contributed by atoms with Crippen molar-refractivity contribution in [3.63, 3.8) is 0 Å². The second-order valence-electron chi connectivity index (χ2n) is 7.25. The van der Waals surface area contributed by atoms with Crippen molar-refractivity contribution in [1.82, 2.24) is 14.7 Å². The highest BCUT2D eigenvalue weighted by Crippen LogP contribution is 2.22. The average molecular weight is 379 g/mol. The van der Waals surface area contributed by atoms with Crippen LogP contribution in [0.3, 0.4) is 0 Å². The van der Waals surface area contributed by atoms with Crippen LogP contribution in [0, 0.1) is 6.92 Å². The molecule has 4 rings (SSSR count). The molecule has 0 unspecified atom stereocenters. The average Bonchev–Trinajstić information content (AvgIpc) is 3.13. The molecule has 2 aromatic carbocycles. The van der Waals surface area contributed by atoms with Gasteiger partial charge in [-0.2, -0.15) is 5.10 Å². The van der Waals surface area contributed by atoms with Crippen molar-refractivity contribution in [2.45, 2.75) is 20.0 Å². The van der Waals surface area contributed by atoms with Crippen LogP contribution in [-0.2, 0) is 13.1 Å². The molecule has 146 valence electrons. The smallest absolute Gasteiger partial charge is 0.253 e. The predicted octanol–water partition coefficient (Wildman–Crippen LogP) is 1.22. The van der Waals surface area contributed by atoms with Gasteiger partial charge in [0.2, 0.25) is 0 Å². The van der Waals surface area contributed by atoms with E-state index in [4.69, 9.17) is 0 Å². The van der Waals surface area contributed by atoms with Gasteiger partial charge in [0.15, 0.2) is 0 Å². The highest BCUT2D eigenvalue weighted by atomic mass is 16.2. The van der Waals surface area contributed by atoms with E-state index >= 15 is 0 Å². The van der Waals surface area contributed by atoms with E-state index in [1.54, 1.807) is 6.20 Å². The fourth-order valence-electron chi connectivity index (χ4n) is 3.74. The number of hydrogen-bond acceptors (Lipinski definition) is 6. The fourth-order valence-corrected chi connectivity index (χ4v) is 3.74. The summed E-state index contributed by atoms with van der Waals surface area (Å²) in [6.45, 7) is 7.38. The zero-order valence-electron chi connectivity index (χ0n) is 16.1. The highest BCUT2D eigenvalue weighted by Gasteiger charge is 2.28. The Morgan fingerprint density at radius 1 is 1.00 bits per heavy atom. The molecule has 1 fully saturated rings. The zero-order valence-corrected chi connectivity index (χ0v) is 16.1. The number of aryl methyl sites for hydroxylation is 1. The van der Waals surface area contributed by atoms with Gasteiger partial charge in [-0.3, -0.25) is 19.2 Å². The third-order valence-corrected chi connectivity index (χ3v) is 5.38. The summed E-state index contributed by atoms with van der Waals surface area (Å²) in [5.41, 5.74) is 2.61. The molecular weight excluding hydrogens is 354 g/mol. The summed E-state index contributed by atoms with van der Waals surface area (Å²) in [7, 11) is 0. The Balaban J connectivity index is 1.34. The topological polar surface area (TPSA) is 70.5 Å². The van der Waals surface area contributed by atoms with Gasteiger partial charge in [-0.1, -0.05) is 30.3 Å². The summed E-state index contributed by atoms with van der Waals surface area (Å²) < 4.78 is 1.88. The zero-order chi connectivity index (χ0) is 19.5. The summed E-state index contributed by atoms with van der Waals surface area (Å²) in [5, 5.41) is 7.39. The number of piperazine rings is 1. The Bertz CT molecular complexity index is 996. The largest absolute Gasteiger partial charge is 0.378 e. The van der Waals surface area contributed by atoms with Crippen LogP contribution in [0.4, 0.5) is 11.4 Å². The maximum absolute atomic E-state index is 12.2. The van der Waals surface area contributed by atoms with Crippen LogP contribution in [-0.4, -0.2) is 47.4 Å². The van der Waals surface area contributed by atoms with Gasteiger partial charge < -0.3 is 10.2 Å². The minimum absolute atomic E-state index is 0.366. The van der Waals surface area contributed by atoms with E-state index in [0.717, 1.165) is 38.4 Å². The molecule has 1 aliphatic rings. The Morgan fingerprint density at radius 2 is 1.75 bits per heavy atom. The van der Waals surface area contributed by atoms with Gasteiger partial charge in [-0.25, -0.2) is 0 Å². The molecule has 1 saturated heterocycles. The molecule has 2 heterocycles. The van der Waals surface area contributed by atoms with Crippen LogP contribution in [0.15, 0.2) is 52.2 Å². The van der Waals surface area contributed by atoms with Gasteiger partial charge in [0.05, 0.1) is 6.54 Å². The molecule has 0 atom stereocenters. The molecule has 0 aliphatic carbocycles. The van der Waals surface area contributed by atoms with Crippen molar-refractivity contribution < 1.29 is 0 Å². The minimum atomic E-state index is -0.404. The van der Waals surface area contributed by atoms with Gasteiger partial charge in [0, 0.05) is 51.2 Å². The van der Waals surface area contributed by atoms with E-state index in [2.05, 4.69) is 39.6 Å². The van der Waals surface area contributed by atoms with Gasteiger partial charge in [-0.05, 0) is 18.6 Å². The molecule has 7 nitrogen and oxygen atoms in total. The lowest BCUT2D eigenvalue weighted by Gasteiger charge is -2.37. The van der Waals surface area contributed by atoms with E-state index in [1.165, 1.54) is 5.56 Å². The molecule has 0 radical (unpaired) electrons. The molecule has 0 spiro atoms. The Hall–Kier alpha value is -2.93. The first-order valence-electron chi connectivity index (χ1n) is 9.70. The normalized spacial score (nSPS) is 15.2. The monoisotopic (exact) mass is 379 g/mol. The molecule has 7 heteroatoms. The number of hydrogen-bond donors (Lipinski definition) is 1. The summed E-state index contributed by atoms with van der Waals surface area (Å²) in [5.74, 6) is 0. The number of nitrogens with one attached hydrogen (secondary N) is 1. The summed E-state index contributed by atoms with van der Waals surface area (Å²) >= 11 is 0. The van der Waals surface area contributed by atoms with Crippen LogP contribution >= 0.6 is 0 Å². The van der Waals surface area contributed by atoms with E-state index in [1.807, 2.05) is 28.6 Å². The first-order valence-corrected chi connectivity index (χ1v) is 9.70. The van der Waals surface area contributed by atoms with Crippen molar-refractivity contribution >= 4 is 11.4 Å². The van der Waals surface area contributed by atoms with Crippen LogP contribution in [0.1, 0.15) is 11.3 Å². The van der Waals surface area contributed by atoms with Crippen LogP contribution in [0.25, 0.3) is 0 Å². The van der Waals surface area contributed by atoms with E-state index in [9.17, 15) is 9.59 Å². The second-order valence-corrected chi connectivity index (χ2v) is 7.25. The number of aromatic nitrogens is 2. The fraction of sp³-hybridized carbons (Fsp3) is 0.381.